The van der Waals surface area contributed by atoms with Crippen LogP contribution < -0.4 is 0 Å². The van der Waals surface area contributed by atoms with Crippen molar-refractivity contribution >= 4 is 0 Å². The largest absolute Gasteiger partial charge is 0.394 e. The molecule has 0 aromatic rings. The maximum atomic E-state index is 9.17. The van der Waals surface area contributed by atoms with Gasteiger partial charge in [0.15, 0.2) is 0 Å². The summed E-state index contributed by atoms with van der Waals surface area (Å²) in [5, 5.41) is 9.17. The number of likely N-dealkylation sites (tertiary alicyclic amines) is 1. The molecule has 0 spiro atoms. The molecule has 2 aliphatic rings. The van der Waals surface area contributed by atoms with Crippen molar-refractivity contribution in [2.75, 3.05) is 13.2 Å². The highest BCUT2D eigenvalue weighted by atomic mass is 16.3. The van der Waals surface area contributed by atoms with Gasteiger partial charge in [0.1, 0.15) is 0 Å². The third kappa shape index (κ3) is 1.78. The fourth-order valence-electron chi connectivity index (χ4n) is 2.08. The fraction of sp³-hybridized carbons (Fsp3) is 0.545. The molecule has 71 valence electrons. The van der Waals surface area contributed by atoms with E-state index >= 15 is 0 Å². The van der Waals surface area contributed by atoms with E-state index in [4.69, 9.17) is 5.11 Å². The first kappa shape index (κ1) is 8.82. The van der Waals surface area contributed by atoms with Crippen molar-refractivity contribution in [1.82, 2.24) is 4.90 Å². The summed E-state index contributed by atoms with van der Waals surface area (Å²) in [5.74, 6) is 0. The highest BCUT2D eigenvalue weighted by Crippen LogP contribution is 2.24. The van der Waals surface area contributed by atoms with E-state index in [9.17, 15) is 0 Å². The molecule has 0 bridgehead atoms. The Labute approximate surface area is 79.6 Å². The van der Waals surface area contributed by atoms with Gasteiger partial charge >= 0.3 is 0 Å². The van der Waals surface area contributed by atoms with Crippen molar-refractivity contribution in [2.24, 2.45) is 0 Å². The number of nitrogens with zero attached hydrogens (tertiary/aromatic N) is 1. The molecule has 1 N–H and O–H groups in total. The van der Waals surface area contributed by atoms with E-state index in [0.717, 1.165) is 19.4 Å². The van der Waals surface area contributed by atoms with Gasteiger partial charge in [-0.3, -0.25) is 0 Å². The summed E-state index contributed by atoms with van der Waals surface area (Å²) in [5.41, 5.74) is 1.29. The van der Waals surface area contributed by atoms with Gasteiger partial charge in [-0.1, -0.05) is 12.2 Å². The molecule has 2 rings (SSSR count). The zero-order valence-electron chi connectivity index (χ0n) is 7.82. The number of aliphatic hydroxyl groups is 1. The summed E-state index contributed by atoms with van der Waals surface area (Å²) < 4.78 is 0. The van der Waals surface area contributed by atoms with E-state index < -0.39 is 0 Å². The van der Waals surface area contributed by atoms with Crippen LogP contribution in [0.25, 0.3) is 0 Å². The Hall–Kier alpha value is -0.760. The molecule has 1 radical (unpaired) electrons. The van der Waals surface area contributed by atoms with E-state index in [0.29, 0.717) is 6.04 Å². The highest BCUT2D eigenvalue weighted by Gasteiger charge is 2.24. The van der Waals surface area contributed by atoms with Crippen LogP contribution in [0.3, 0.4) is 0 Å². The summed E-state index contributed by atoms with van der Waals surface area (Å²) in [6.45, 7) is 1.39. The van der Waals surface area contributed by atoms with Crippen LogP contribution in [-0.4, -0.2) is 29.2 Å². The standard InChI is InChI=1S/C11H16NO/c13-9-11-7-4-8-12(11)10-5-2-1-3-6-10/h1-2,5-6,11,13H,3-4,7-9H2. The van der Waals surface area contributed by atoms with E-state index in [2.05, 4.69) is 29.5 Å². The fourth-order valence-corrected chi connectivity index (χ4v) is 2.08. The maximum Gasteiger partial charge on any atom is 0.0635 e. The van der Waals surface area contributed by atoms with Gasteiger partial charge < -0.3 is 10.0 Å². The van der Waals surface area contributed by atoms with Crippen molar-refractivity contribution in [3.8, 4) is 0 Å². The number of rotatable bonds is 2. The minimum atomic E-state index is 0.287. The van der Waals surface area contributed by atoms with Crippen LogP contribution in [0, 0.1) is 6.42 Å². The van der Waals surface area contributed by atoms with E-state index in [1.165, 1.54) is 12.1 Å². The molecule has 1 heterocycles. The monoisotopic (exact) mass is 178 g/mol. The van der Waals surface area contributed by atoms with Gasteiger partial charge in [0.25, 0.3) is 0 Å². The molecule has 13 heavy (non-hydrogen) atoms. The molecule has 0 aromatic heterocycles. The van der Waals surface area contributed by atoms with Crippen LogP contribution in [0.2, 0.25) is 0 Å². The van der Waals surface area contributed by atoms with Gasteiger partial charge in [-0.25, -0.2) is 0 Å². The second-order valence-electron chi connectivity index (χ2n) is 3.63. The SMILES string of the molecule is OCC1CCCN1C1=CC[CH]C=C1. The Balaban J connectivity index is 2.06. The summed E-state index contributed by atoms with van der Waals surface area (Å²) >= 11 is 0. The smallest absolute Gasteiger partial charge is 0.0635 e. The maximum absolute atomic E-state index is 9.17. The molecule has 1 atom stereocenters. The summed E-state index contributed by atoms with van der Waals surface area (Å²) in [4.78, 5) is 2.32. The molecule has 1 saturated heterocycles. The average Bonchev–Trinajstić information content (AvgIpc) is 2.67. The Morgan fingerprint density at radius 2 is 2.46 bits per heavy atom. The Bertz CT molecular complexity index is 232. The number of aliphatic hydroxyl groups excluding tert-OH is 1. The van der Waals surface area contributed by atoms with Gasteiger partial charge in [0.05, 0.1) is 12.6 Å². The molecular formula is C11H16NO. The molecule has 1 aliphatic heterocycles. The predicted molar refractivity (Wildman–Crippen MR) is 53.0 cm³/mol. The number of hydrogen-bond donors (Lipinski definition) is 1. The molecule has 2 nitrogen and oxygen atoms in total. The van der Waals surface area contributed by atoms with Crippen LogP contribution in [-0.2, 0) is 0 Å². The van der Waals surface area contributed by atoms with Gasteiger partial charge in [-0.05, 0) is 31.8 Å². The first-order valence-corrected chi connectivity index (χ1v) is 4.99. The van der Waals surface area contributed by atoms with Crippen LogP contribution >= 0.6 is 0 Å². The molecular weight excluding hydrogens is 162 g/mol. The normalized spacial score (nSPS) is 27.9. The summed E-state index contributed by atoms with van der Waals surface area (Å²) in [7, 11) is 0. The quantitative estimate of drug-likeness (QED) is 0.692. The lowest BCUT2D eigenvalue weighted by atomic mass is 10.1. The highest BCUT2D eigenvalue weighted by molar-refractivity contribution is 5.26. The topological polar surface area (TPSA) is 23.5 Å². The lowest BCUT2D eigenvalue weighted by Gasteiger charge is -2.27. The molecule has 0 aromatic carbocycles. The second kappa shape index (κ2) is 3.97. The Morgan fingerprint density at radius 3 is 3.15 bits per heavy atom. The van der Waals surface area contributed by atoms with Crippen LogP contribution in [0.4, 0.5) is 0 Å². The number of hydrogen-bond acceptors (Lipinski definition) is 2. The lowest BCUT2D eigenvalue weighted by Crippen LogP contribution is -2.31. The molecule has 0 amide bonds. The Morgan fingerprint density at radius 1 is 1.54 bits per heavy atom. The minimum Gasteiger partial charge on any atom is -0.394 e. The van der Waals surface area contributed by atoms with Gasteiger partial charge in [0.2, 0.25) is 0 Å². The minimum absolute atomic E-state index is 0.287. The zero-order chi connectivity index (χ0) is 9.10. The van der Waals surface area contributed by atoms with Crippen molar-refractivity contribution in [1.29, 1.82) is 0 Å². The predicted octanol–water partition coefficient (Wildman–Crippen LogP) is 1.49. The third-order valence-corrected chi connectivity index (χ3v) is 2.79. The van der Waals surface area contributed by atoms with Crippen LogP contribution in [0.1, 0.15) is 19.3 Å². The molecule has 2 heteroatoms. The molecule has 0 saturated carbocycles. The zero-order valence-corrected chi connectivity index (χ0v) is 7.82. The van der Waals surface area contributed by atoms with E-state index in [1.807, 2.05) is 0 Å². The molecule has 1 unspecified atom stereocenters. The average molecular weight is 178 g/mol. The van der Waals surface area contributed by atoms with Gasteiger partial charge in [-0.2, -0.15) is 0 Å². The van der Waals surface area contributed by atoms with E-state index in [1.54, 1.807) is 0 Å². The van der Waals surface area contributed by atoms with Crippen LogP contribution in [0.15, 0.2) is 23.9 Å². The first-order valence-electron chi connectivity index (χ1n) is 4.99. The summed E-state index contributed by atoms with van der Waals surface area (Å²) in [6.07, 6.45) is 12.0. The second-order valence-corrected chi connectivity index (χ2v) is 3.63. The summed E-state index contributed by atoms with van der Waals surface area (Å²) in [6, 6.07) is 0.356. The van der Waals surface area contributed by atoms with Gasteiger partial charge in [0, 0.05) is 12.2 Å². The van der Waals surface area contributed by atoms with Crippen molar-refractivity contribution in [3.63, 3.8) is 0 Å². The molecule has 1 fully saturated rings. The third-order valence-electron chi connectivity index (χ3n) is 2.79. The van der Waals surface area contributed by atoms with Crippen molar-refractivity contribution in [2.45, 2.75) is 25.3 Å². The van der Waals surface area contributed by atoms with Crippen molar-refractivity contribution in [3.05, 3.63) is 30.3 Å². The Kier molecular flexibility index (Phi) is 2.69. The first-order chi connectivity index (χ1) is 6.42. The van der Waals surface area contributed by atoms with E-state index in [-0.39, 0.29) is 6.61 Å². The molecule has 1 aliphatic carbocycles. The lowest BCUT2D eigenvalue weighted by molar-refractivity contribution is 0.189. The number of allylic oxidation sites excluding steroid dienone is 3. The van der Waals surface area contributed by atoms with Crippen molar-refractivity contribution < 1.29 is 5.11 Å². The van der Waals surface area contributed by atoms with Crippen LogP contribution in [0.5, 0.6) is 0 Å². The van der Waals surface area contributed by atoms with Gasteiger partial charge in [-0.15, -0.1) is 0 Å².